The highest BCUT2D eigenvalue weighted by Crippen LogP contribution is 2.51. The molecule has 11 heteroatoms. The van der Waals surface area contributed by atoms with Gasteiger partial charge in [0.05, 0.1) is 18.9 Å². The molecule has 3 heterocycles. The number of aryl methyl sites for hydroxylation is 1. The third-order valence-electron chi connectivity index (χ3n) is 4.77. The smallest absolute Gasteiger partial charge is 0.259 e. The lowest BCUT2D eigenvalue weighted by molar-refractivity contribution is 0.102. The average molecular weight is 452 g/mol. The number of carbonyl (C=O) groups excluding carboxylic acids is 1. The van der Waals surface area contributed by atoms with Gasteiger partial charge >= 0.3 is 0 Å². The van der Waals surface area contributed by atoms with Crippen molar-refractivity contribution in [3.63, 3.8) is 0 Å². The zero-order valence-electron chi connectivity index (χ0n) is 15.9. The van der Waals surface area contributed by atoms with Gasteiger partial charge in [0, 0.05) is 34.9 Å². The molecule has 1 N–H and O–H groups in total. The number of anilines is 1. The molecule has 4 rings (SSSR count). The van der Waals surface area contributed by atoms with E-state index in [-0.39, 0.29) is 21.8 Å². The second kappa shape index (κ2) is 8.19. The summed E-state index contributed by atoms with van der Waals surface area (Å²) in [7, 11) is 1.50. The van der Waals surface area contributed by atoms with Crippen molar-refractivity contribution in [2.24, 2.45) is 5.92 Å². The number of nitrogens with one attached hydrogen (secondary N) is 1. The maximum absolute atomic E-state index is 12.9. The number of methoxy groups -OCH3 is 1. The number of carbonyl (C=O) groups is 1. The van der Waals surface area contributed by atoms with Crippen LogP contribution in [-0.4, -0.2) is 39.6 Å². The summed E-state index contributed by atoms with van der Waals surface area (Å²) in [6, 6.07) is 3.35. The van der Waals surface area contributed by atoms with E-state index in [1.165, 1.54) is 19.5 Å². The van der Waals surface area contributed by atoms with E-state index < -0.39 is 18.3 Å². The number of alkyl halides is 2. The molecule has 3 aromatic rings. The number of amides is 1. The molecule has 1 aliphatic rings. The van der Waals surface area contributed by atoms with Crippen LogP contribution >= 0.6 is 22.9 Å². The third-order valence-corrected chi connectivity index (χ3v) is 5.95. The van der Waals surface area contributed by atoms with Crippen LogP contribution in [0.2, 0.25) is 5.15 Å². The second-order valence-electron chi connectivity index (χ2n) is 6.82. The third kappa shape index (κ3) is 4.10. The summed E-state index contributed by atoms with van der Waals surface area (Å²) in [4.78, 5) is 21.2. The molecule has 0 bridgehead atoms. The minimum Gasteiger partial charge on any atom is -0.494 e. The summed E-state index contributed by atoms with van der Waals surface area (Å²) in [5.74, 6) is -0.994. The van der Waals surface area contributed by atoms with Gasteiger partial charge in [0.25, 0.3) is 5.91 Å². The van der Waals surface area contributed by atoms with E-state index in [1.54, 1.807) is 19.1 Å². The standard InChI is InChI=1S/C19H16ClF2N5O2S/c1-8-3-9(10-5-15(20)24-7-14(10)29-2)13(6-23-8)17(28)25-19-27-26-18(30-19)12-4-11(12)16(21)22/h3,5-7,11-12,16H,4H2,1-2H3,(H,25,27,28). The predicted octanol–water partition coefficient (Wildman–Crippen LogP) is 4.59. The van der Waals surface area contributed by atoms with E-state index in [1.807, 2.05) is 0 Å². The first-order valence-electron chi connectivity index (χ1n) is 8.96. The predicted molar refractivity (Wildman–Crippen MR) is 108 cm³/mol. The van der Waals surface area contributed by atoms with E-state index in [2.05, 4.69) is 25.5 Å². The highest BCUT2D eigenvalue weighted by Gasteiger charge is 2.47. The van der Waals surface area contributed by atoms with Gasteiger partial charge < -0.3 is 4.74 Å². The monoisotopic (exact) mass is 451 g/mol. The van der Waals surface area contributed by atoms with Crippen LogP contribution < -0.4 is 10.1 Å². The fourth-order valence-corrected chi connectivity index (χ4v) is 4.22. The molecule has 1 saturated carbocycles. The molecular weight excluding hydrogens is 436 g/mol. The molecule has 1 aliphatic carbocycles. The van der Waals surface area contributed by atoms with Crippen molar-refractivity contribution in [2.75, 3.05) is 12.4 Å². The lowest BCUT2D eigenvalue weighted by Gasteiger charge is -2.13. The molecule has 156 valence electrons. The van der Waals surface area contributed by atoms with Crippen LogP contribution in [0.1, 0.15) is 33.4 Å². The van der Waals surface area contributed by atoms with Gasteiger partial charge in [0.15, 0.2) is 0 Å². The lowest BCUT2D eigenvalue weighted by Crippen LogP contribution is -2.14. The number of ether oxygens (including phenoxy) is 1. The molecule has 0 radical (unpaired) electrons. The first-order valence-corrected chi connectivity index (χ1v) is 10.2. The van der Waals surface area contributed by atoms with Crippen molar-refractivity contribution < 1.29 is 18.3 Å². The number of halogens is 3. The molecule has 1 fully saturated rings. The molecular formula is C19H16ClF2N5O2S. The van der Waals surface area contributed by atoms with Crippen LogP contribution in [-0.2, 0) is 0 Å². The summed E-state index contributed by atoms with van der Waals surface area (Å²) in [6.45, 7) is 1.80. The van der Waals surface area contributed by atoms with Gasteiger partial charge in [0.1, 0.15) is 15.9 Å². The van der Waals surface area contributed by atoms with Gasteiger partial charge in [0.2, 0.25) is 11.6 Å². The lowest BCUT2D eigenvalue weighted by atomic mass is 10.0. The molecule has 2 unspecified atom stereocenters. The minimum absolute atomic E-state index is 0.237. The van der Waals surface area contributed by atoms with Gasteiger partial charge in [-0.25, -0.2) is 13.8 Å². The number of pyridine rings is 2. The summed E-state index contributed by atoms with van der Waals surface area (Å²) < 4.78 is 30.9. The van der Waals surface area contributed by atoms with E-state index in [0.29, 0.717) is 34.0 Å². The Kier molecular flexibility index (Phi) is 5.61. The molecule has 0 saturated heterocycles. The summed E-state index contributed by atoms with van der Waals surface area (Å²) in [6.07, 6.45) is 0.930. The molecule has 30 heavy (non-hydrogen) atoms. The van der Waals surface area contributed by atoms with Gasteiger partial charge in [-0.2, -0.15) is 0 Å². The topological polar surface area (TPSA) is 89.9 Å². The highest BCUT2D eigenvalue weighted by atomic mass is 35.5. The van der Waals surface area contributed by atoms with Crippen LogP contribution in [0.5, 0.6) is 5.75 Å². The van der Waals surface area contributed by atoms with Gasteiger partial charge in [-0.3, -0.25) is 15.1 Å². The molecule has 0 aromatic carbocycles. The summed E-state index contributed by atoms with van der Waals surface area (Å²) in [5.41, 5.74) is 2.12. The van der Waals surface area contributed by atoms with E-state index in [9.17, 15) is 13.6 Å². The maximum atomic E-state index is 12.9. The van der Waals surface area contributed by atoms with Crippen LogP contribution in [0.25, 0.3) is 11.1 Å². The molecule has 7 nitrogen and oxygen atoms in total. The van der Waals surface area contributed by atoms with Gasteiger partial charge in [-0.15, -0.1) is 10.2 Å². The number of rotatable bonds is 6. The fraction of sp³-hybridized carbons (Fsp3) is 0.316. The molecule has 1 amide bonds. The second-order valence-corrected chi connectivity index (χ2v) is 8.22. The Morgan fingerprint density at radius 2 is 2.07 bits per heavy atom. The SMILES string of the molecule is COc1cnc(Cl)cc1-c1cc(C)ncc1C(=O)Nc1nnc(C2CC2C(F)F)s1. The number of hydrogen-bond donors (Lipinski definition) is 1. The van der Waals surface area contributed by atoms with E-state index >= 15 is 0 Å². The van der Waals surface area contributed by atoms with Crippen molar-refractivity contribution in [1.29, 1.82) is 0 Å². The molecule has 2 atom stereocenters. The molecule has 3 aromatic heterocycles. The zero-order chi connectivity index (χ0) is 21.4. The van der Waals surface area contributed by atoms with Crippen LogP contribution in [0.15, 0.2) is 24.5 Å². The minimum atomic E-state index is -2.37. The Balaban J connectivity index is 1.62. The highest BCUT2D eigenvalue weighted by molar-refractivity contribution is 7.15. The van der Waals surface area contributed by atoms with E-state index in [0.717, 1.165) is 11.3 Å². The Morgan fingerprint density at radius 1 is 1.27 bits per heavy atom. The average Bonchev–Trinajstić information content (AvgIpc) is 3.40. The van der Waals surface area contributed by atoms with Crippen LogP contribution in [0, 0.1) is 12.8 Å². The molecule has 0 spiro atoms. The number of aromatic nitrogens is 4. The van der Waals surface area contributed by atoms with E-state index in [4.69, 9.17) is 16.3 Å². The quantitative estimate of drug-likeness (QED) is 0.551. The van der Waals surface area contributed by atoms with Crippen LogP contribution in [0.4, 0.5) is 13.9 Å². The van der Waals surface area contributed by atoms with Crippen molar-refractivity contribution >= 4 is 34.0 Å². The number of nitrogens with zero attached hydrogens (tertiary/aromatic N) is 4. The maximum Gasteiger partial charge on any atom is 0.259 e. The Hall–Kier alpha value is -2.72. The summed E-state index contributed by atoms with van der Waals surface area (Å²) in [5, 5.41) is 11.5. The largest absolute Gasteiger partial charge is 0.494 e. The first-order chi connectivity index (χ1) is 14.4. The van der Waals surface area contributed by atoms with Crippen molar-refractivity contribution in [2.45, 2.75) is 25.7 Å². The first kappa shape index (κ1) is 20.5. The molecule has 0 aliphatic heterocycles. The van der Waals surface area contributed by atoms with Crippen molar-refractivity contribution in [3.05, 3.63) is 45.9 Å². The normalized spacial score (nSPS) is 17.8. The van der Waals surface area contributed by atoms with Crippen molar-refractivity contribution in [1.82, 2.24) is 20.2 Å². The van der Waals surface area contributed by atoms with Gasteiger partial charge in [-0.05, 0) is 25.5 Å². The van der Waals surface area contributed by atoms with Crippen molar-refractivity contribution in [3.8, 4) is 16.9 Å². The van der Waals surface area contributed by atoms with Crippen LogP contribution in [0.3, 0.4) is 0 Å². The Labute approximate surface area is 179 Å². The summed E-state index contributed by atoms with van der Waals surface area (Å²) >= 11 is 7.14. The fourth-order valence-electron chi connectivity index (χ4n) is 3.13. The zero-order valence-corrected chi connectivity index (χ0v) is 17.5. The Bertz CT molecular complexity index is 1110. The Morgan fingerprint density at radius 3 is 2.77 bits per heavy atom. The number of hydrogen-bond acceptors (Lipinski definition) is 7. The van der Waals surface area contributed by atoms with Gasteiger partial charge in [-0.1, -0.05) is 22.9 Å².